The fourth-order valence-electron chi connectivity index (χ4n) is 3.89. The van der Waals surface area contributed by atoms with Gasteiger partial charge in [0.1, 0.15) is 17.8 Å². The van der Waals surface area contributed by atoms with Crippen LogP contribution in [0.2, 0.25) is 0 Å². The Morgan fingerprint density at radius 3 is 2.50 bits per heavy atom. The van der Waals surface area contributed by atoms with Crippen LogP contribution in [-0.4, -0.2) is 24.5 Å². The van der Waals surface area contributed by atoms with E-state index in [0.29, 0.717) is 6.61 Å². The van der Waals surface area contributed by atoms with Gasteiger partial charge in [0.2, 0.25) is 0 Å². The summed E-state index contributed by atoms with van der Waals surface area (Å²) in [4.78, 5) is 2.46. The van der Waals surface area contributed by atoms with Crippen LogP contribution < -0.4 is 4.74 Å². The number of hydrogen-bond acceptors (Lipinski definition) is 3. The van der Waals surface area contributed by atoms with Crippen LogP contribution in [0, 0.1) is 11.3 Å². The van der Waals surface area contributed by atoms with Gasteiger partial charge in [0.15, 0.2) is 0 Å². The predicted octanol–water partition coefficient (Wildman–Crippen LogP) is 4.90. The molecule has 1 atom stereocenters. The highest BCUT2D eigenvalue weighted by Gasteiger charge is 2.40. The van der Waals surface area contributed by atoms with Crippen LogP contribution in [0.5, 0.6) is 5.75 Å². The zero-order valence-corrected chi connectivity index (χ0v) is 15.9. The summed E-state index contributed by atoms with van der Waals surface area (Å²) in [5.41, 5.74) is 2.54. The minimum absolute atomic E-state index is 0.518. The fraction of sp³-hybridized carbons (Fsp3) is 0.435. The van der Waals surface area contributed by atoms with Gasteiger partial charge in [-0.05, 0) is 43.1 Å². The molecule has 26 heavy (non-hydrogen) atoms. The molecule has 0 amide bonds. The maximum Gasteiger partial charge on any atom is 0.124 e. The van der Waals surface area contributed by atoms with Gasteiger partial charge in [-0.2, -0.15) is 5.26 Å². The molecule has 0 fully saturated rings. The number of fused-ring (bicyclic) bond motifs is 2. The number of unbranched alkanes of at least 4 members (excludes halogenated alkanes) is 1. The normalized spacial score (nSPS) is 18.4. The van der Waals surface area contributed by atoms with E-state index in [0.717, 1.165) is 48.5 Å². The van der Waals surface area contributed by atoms with Gasteiger partial charge in [-0.3, -0.25) is 0 Å². The summed E-state index contributed by atoms with van der Waals surface area (Å²) in [6.45, 7) is 7.96. The Hall–Kier alpha value is -2.31. The van der Waals surface area contributed by atoms with Crippen molar-refractivity contribution in [3.05, 3.63) is 65.2 Å². The van der Waals surface area contributed by atoms with Crippen molar-refractivity contribution in [2.24, 2.45) is 0 Å². The summed E-state index contributed by atoms with van der Waals surface area (Å²) in [7, 11) is 0. The van der Waals surface area contributed by atoms with Gasteiger partial charge >= 0.3 is 0 Å². The third-order valence-electron chi connectivity index (χ3n) is 5.48. The van der Waals surface area contributed by atoms with E-state index >= 15 is 0 Å². The van der Waals surface area contributed by atoms with Gasteiger partial charge in [-0.15, -0.1) is 0 Å². The van der Waals surface area contributed by atoms with E-state index in [9.17, 15) is 5.26 Å². The minimum Gasteiger partial charge on any atom is -0.489 e. The number of hydrogen-bond donors (Lipinski definition) is 0. The average Bonchev–Trinajstić information content (AvgIpc) is 2.84. The van der Waals surface area contributed by atoms with Crippen molar-refractivity contribution in [1.82, 2.24) is 4.90 Å². The third kappa shape index (κ3) is 3.48. The first kappa shape index (κ1) is 18.5. The van der Waals surface area contributed by atoms with Crippen LogP contribution in [0.3, 0.4) is 0 Å². The van der Waals surface area contributed by atoms with Gasteiger partial charge in [0.25, 0.3) is 0 Å². The third-order valence-corrected chi connectivity index (χ3v) is 5.48. The van der Waals surface area contributed by atoms with Crippen molar-refractivity contribution >= 4 is 0 Å². The van der Waals surface area contributed by atoms with Crippen LogP contribution in [0.1, 0.15) is 49.8 Å². The van der Waals surface area contributed by atoms with Gasteiger partial charge in [0.05, 0.1) is 6.07 Å². The second-order valence-corrected chi connectivity index (χ2v) is 7.00. The van der Waals surface area contributed by atoms with Crippen LogP contribution >= 0.6 is 0 Å². The van der Waals surface area contributed by atoms with Crippen molar-refractivity contribution in [2.75, 3.05) is 19.6 Å². The second kappa shape index (κ2) is 8.38. The summed E-state index contributed by atoms with van der Waals surface area (Å²) in [6.07, 6.45) is 3.17. The van der Waals surface area contributed by atoms with E-state index in [1.165, 1.54) is 12.8 Å². The van der Waals surface area contributed by atoms with Crippen molar-refractivity contribution in [3.63, 3.8) is 0 Å². The van der Waals surface area contributed by atoms with Crippen LogP contribution in [-0.2, 0) is 12.0 Å². The molecule has 2 aromatic carbocycles. The highest BCUT2D eigenvalue weighted by molar-refractivity contribution is 5.55. The summed E-state index contributed by atoms with van der Waals surface area (Å²) < 4.78 is 6.07. The quantitative estimate of drug-likeness (QED) is 0.714. The lowest BCUT2D eigenvalue weighted by molar-refractivity contribution is 0.266. The second-order valence-electron chi connectivity index (χ2n) is 7.00. The Labute approximate surface area is 157 Å². The smallest absolute Gasteiger partial charge is 0.124 e. The van der Waals surface area contributed by atoms with Crippen LogP contribution in [0.4, 0.5) is 0 Å². The number of rotatable bonds is 7. The number of ether oxygens (including phenoxy) is 1. The van der Waals surface area contributed by atoms with Crippen LogP contribution in [0.15, 0.2) is 48.5 Å². The highest BCUT2D eigenvalue weighted by atomic mass is 16.5. The van der Waals surface area contributed by atoms with Crippen molar-refractivity contribution in [1.29, 1.82) is 5.26 Å². The molecule has 0 bridgehead atoms. The van der Waals surface area contributed by atoms with Gasteiger partial charge in [-0.25, -0.2) is 0 Å². The Kier molecular flexibility index (Phi) is 5.96. The first-order chi connectivity index (χ1) is 12.7. The maximum atomic E-state index is 10.4. The molecule has 0 aliphatic carbocycles. The first-order valence-electron chi connectivity index (χ1n) is 9.69. The standard InChI is InChI=1S/C23H28N2O/c1-3-5-15-25(4-2)16-14-23(18-24)20-11-7-6-10-19(20)17-26-22-13-9-8-12-21(22)23/h6-13H,3-5,14-17H2,1-2H3. The fourth-order valence-corrected chi connectivity index (χ4v) is 3.89. The number of benzene rings is 2. The van der Waals surface area contributed by atoms with E-state index < -0.39 is 5.41 Å². The largest absolute Gasteiger partial charge is 0.489 e. The molecule has 0 saturated carbocycles. The van der Waals surface area contributed by atoms with Crippen LogP contribution in [0.25, 0.3) is 0 Å². The molecule has 3 rings (SSSR count). The average molecular weight is 348 g/mol. The topological polar surface area (TPSA) is 36.3 Å². The molecule has 0 spiro atoms. The molecule has 1 aliphatic heterocycles. The first-order valence-corrected chi connectivity index (χ1v) is 9.69. The van der Waals surface area contributed by atoms with E-state index in [-0.39, 0.29) is 0 Å². The lowest BCUT2D eigenvalue weighted by atomic mass is 9.71. The maximum absolute atomic E-state index is 10.4. The van der Waals surface area contributed by atoms with Crippen molar-refractivity contribution in [2.45, 2.75) is 45.1 Å². The Morgan fingerprint density at radius 2 is 1.77 bits per heavy atom. The zero-order chi connectivity index (χ0) is 18.4. The molecule has 0 radical (unpaired) electrons. The number of nitriles is 1. The highest BCUT2D eigenvalue weighted by Crippen LogP contribution is 2.44. The Balaban J connectivity index is 2.02. The molecule has 3 heteroatoms. The Bertz CT molecular complexity index is 730. The summed E-state index contributed by atoms with van der Waals surface area (Å²) in [5, 5.41) is 10.4. The summed E-state index contributed by atoms with van der Waals surface area (Å²) in [5.74, 6) is 0.835. The zero-order valence-electron chi connectivity index (χ0n) is 15.9. The van der Waals surface area contributed by atoms with Crippen molar-refractivity contribution < 1.29 is 4.74 Å². The molecule has 136 valence electrons. The molecule has 0 saturated heterocycles. The molecule has 0 N–H and O–H groups in total. The molecule has 1 aliphatic rings. The molecular formula is C23H28N2O. The lowest BCUT2D eigenvalue weighted by Crippen LogP contribution is -2.34. The van der Waals surface area contributed by atoms with Gasteiger partial charge in [-0.1, -0.05) is 62.7 Å². The molecule has 3 nitrogen and oxygen atoms in total. The van der Waals surface area contributed by atoms with Gasteiger partial charge in [0, 0.05) is 12.1 Å². The monoisotopic (exact) mass is 348 g/mol. The Morgan fingerprint density at radius 1 is 1.04 bits per heavy atom. The molecule has 0 aromatic heterocycles. The summed E-state index contributed by atoms with van der Waals surface area (Å²) >= 11 is 0. The van der Waals surface area contributed by atoms with Gasteiger partial charge < -0.3 is 9.64 Å². The van der Waals surface area contributed by atoms with E-state index in [2.05, 4.69) is 43.0 Å². The molecule has 1 unspecified atom stereocenters. The van der Waals surface area contributed by atoms with Crippen molar-refractivity contribution in [3.8, 4) is 11.8 Å². The number of nitrogens with zero attached hydrogens (tertiary/aromatic N) is 2. The SMILES string of the molecule is CCCCN(CC)CCC1(C#N)c2ccccc2COc2ccccc21. The molecule has 2 aromatic rings. The molecular weight excluding hydrogens is 320 g/mol. The van der Waals surface area contributed by atoms with E-state index in [1.54, 1.807) is 0 Å². The van der Waals surface area contributed by atoms with E-state index in [1.807, 2.05) is 30.3 Å². The minimum atomic E-state index is -0.663. The summed E-state index contributed by atoms with van der Waals surface area (Å²) in [6, 6.07) is 19.0. The molecule has 1 heterocycles. The lowest BCUT2D eigenvalue weighted by Gasteiger charge is -2.31. The van der Waals surface area contributed by atoms with E-state index in [4.69, 9.17) is 4.74 Å². The predicted molar refractivity (Wildman–Crippen MR) is 105 cm³/mol. The number of para-hydroxylation sites is 1.